The molecule has 1 aromatic carbocycles. The molecule has 0 saturated carbocycles. The third-order valence-electron chi connectivity index (χ3n) is 4.29. The molecule has 0 aliphatic heterocycles. The van der Waals surface area contributed by atoms with Crippen molar-refractivity contribution in [3.63, 3.8) is 0 Å². The molecule has 1 aromatic heterocycles. The summed E-state index contributed by atoms with van der Waals surface area (Å²) in [6.07, 6.45) is 1.50. The Morgan fingerprint density at radius 3 is 1.74 bits per heavy atom. The number of benzene rings is 1. The normalized spacial score (nSPS) is 11.3. The molecule has 27 heavy (non-hydrogen) atoms. The number of aromatic nitrogens is 2. The summed E-state index contributed by atoms with van der Waals surface area (Å²) in [5.74, 6) is 0. The van der Waals surface area contributed by atoms with Crippen LogP contribution in [0, 0.1) is 13.8 Å². The topological polar surface area (TPSA) is 66.2 Å². The lowest BCUT2D eigenvalue weighted by Gasteiger charge is -2.24. The predicted molar refractivity (Wildman–Crippen MR) is 114 cm³/mol. The highest BCUT2D eigenvalue weighted by atomic mass is 16.3. The fraction of sp³-hybridized carbons (Fsp3) is 0.565. The zero-order valence-electron chi connectivity index (χ0n) is 17.5. The second-order valence-electron chi connectivity index (χ2n) is 8.71. The predicted octanol–water partition coefficient (Wildman–Crippen LogP) is 5.00. The third-order valence-corrected chi connectivity index (χ3v) is 4.29. The van der Waals surface area contributed by atoms with Crippen LogP contribution < -0.4 is 0 Å². The number of aryl methyl sites for hydroxylation is 2. The molecule has 0 amide bonds. The maximum Gasteiger partial charge on any atom is 0.116 e. The number of nitrogens with zero attached hydrogens (tertiary/aromatic N) is 2. The Hall–Kier alpha value is -1.78. The summed E-state index contributed by atoms with van der Waals surface area (Å²) in [7, 11) is 0. The molecule has 0 bridgehead atoms. The molecule has 0 aliphatic carbocycles. The summed E-state index contributed by atoms with van der Waals surface area (Å²) >= 11 is 0. The van der Waals surface area contributed by atoms with Crippen molar-refractivity contribution in [1.29, 1.82) is 0 Å². The van der Waals surface area contributed by atoms with Crippen LogP contribution in [-0.4, -0.2) is 20.2 Å². The third kappa shape index (κ3) is 6.71. The summed E-state index contributed by atoms with van der Waals surface area (Å²) in [5.41, 5.74) is 6.43. The van der Waals surface area contributed by atoms with Crippen LogP contribution >= 0.6 is 0 Å². The molecule has 1 heterocycles. The van der Waals surface area contributed by atoms with Crippen LogP contribution in [0.25, 0.3) is 0 Å². The van der Waals surface area contributed by atoms with Gasteiger partial charge >= 0.3 is 0 Å². The van der Waals surface area contributed by atoms with Crippen LogP contribution in [0.1, 0.15) is 82.6 Å². The first-order chi connectivity index (χ1) is 11.9. The molecule has 0 spiro atoms. The van der Waals surface area contributed by atoms with Crippen LogP contribution in [0.5, 0.6) is 0 Å². The minimum Gasteiger partial charge on any atom is -0.392 e. The Morgan fingerprint density at radius 2 is 1.37 bits per heavy atom. The molecule has 152 valence electrons. The van der Waals surface area contributed by atoms with E-state index in [-0.39, 0.29) is 31.5 Å². The van der Waals surface area contributed by atoms with Gasteiger partial charge in [-0.25, -0.2) is 9.97 Å². The average molecular weight is 375 g/mol. The Kier molecular flexibility index (Phi) is 9.30. The minimum absolute atomic E-state index is 0. The number of aliphatic hydroxyl groups excluding tert-OH is 2. The lowest BCUT2D eigenvalue weighted by molar-refractivity contribution is 0.272. The SMILES string of the molecule is C.Cc1cccc(CO)c1C(C)(C)C.Cc1ncnc(CO)c1C(C)(C)C. The van der Waals surface area contributed by atoms with Gasteiger partial charge < -0.3 is 10.2 Å². The van der Waals surface area contributed by atoms with Gasteiger partial charge in [-0.1, -0.05) is 67.2 Å². The van der Waals surface area contributed by atoms with Crippen molar-refractivity contribution in [3.8, 4) is 0 Å². The summed E-state index contributed by atoms with van der Waals surface area (Å²) in [6.45, 7) is 17.0. The largest absolute Gasteiger partial charge is 0.392 e. The monoisotopic (exact) mass is 374 g/mol. The lowest BCUT2D eigenvalue weighted by atomic mass is 9.81. The van der Waals surface area contributed by atoms with Gasteiger partial charge in [0.05, 0.1) is 18.9 Å². The van der Waals surface area contributed by atoms with Crippen molar-refractivity contribution >= 4 is 0 Å². The van der Waals surface area contributed by atoms with E-state index in [4.69, 9.17) is 5.11 Å². The van der Waals surface area contributed by atoms with Gasteiger partial charge in [-0.15, -0.1) is 0 Å². The van der Waals surface area contributed by atoms with Crippen molar-refractivity contribution in [2.24, 2.45) is 0 Å². The molecule has 2 aromatic rings. The fourth-order valence-electron chi connectivity index (χ4n) is 3.55. The molecule has 0 fully saturated rings. The van der Waals surface area contributed by atoms with Crippen molar-refractivity contribution in [2.45, 2.75) is 86.9 Å². The Morgan fingerprint density at radius 1 is 0.815 bits per heavy atom. The van der Waals surface area contributed by atoms with Gasteiger partial charge in [0.15, 0.2) is 0 Å². The standard InChI is InChI=1S/C12H18O.C10H16N2O.CH4/c1-9-6-5-7-10(8-13)11(9)12(2,3)4;1-7-9(10(2,3)4)8(5-13)12-6-11-7;/h5-7,13H,8H2,1-4H3;6,13H,5H2,1-4H3;1H4. The highest BCUT2D eigenvalue weighted by Gasteiger charge is 2.21. The molecular formula is C23H38N2O2. The van der Waals surface area contributed by atoms with Crippen LogP contribution in [-0.2, 0) is 24.0 Å². The zero-order valence-corrected chi connectivity index (χ0v) is 17.5. The Bertz CT molecular complexity index is 663. The van der Waals surface area contributed by atoms with Gasteiger partial charge in [-0.05, 0) is 41.4 Å². The molecule has 0 radical (unpaired) electrons. The first-order valence-corrected chi connectivity index (χ1v) is 9.05. The van der Waals surface area contributed by atoms with Crippen molar-refractivity contribution in [1.82, 2.24) is 9.97 Å². The zero-order chi connectivity index (χ0) is 20.1. The minimum atomic E-state index is -0.0179. The van der Waals surface area contributed by atoms with Crippen LogP contribution in [0.15, 0.2) is 24.5 Å². The molecule has 0 saturated heterocycles. The summed E-state index contributed by atoms with van der Waals surface area (Å²) in [4.78, 5) is 8.20. The first-order valence-electron chi connectivity index (χ1n) is 9.05. The van der Waals surface area contributed by atoms with E-state index in [9.17, 15) is 5.11 Å². The summed E-state index contributed by atoms with van der Waals surface area (Å²) < 4.78 is 0. The van der Waals surface area contributed by atoms with E-state index < -0.39 is 0 Å². The van der Waals surface area contributed by atoms with Crippen molar-refractivity contribution < 1.29 is 10.2 Å². The molecular weight excluding hydrogens is 336 g/mol. The van der Waals surface area contributed by atoms with Gasteiger partial charge in [-0.2, -0.15) is 0 Å². The van der Waals surface area contributed by atoms with E-state index >= 15 is 0 Å². The highest BCUT2D eigenvalue weighted by molar-refractivity contribution is 5.39. The van der Waals surface area contributed by atoms with Gasteiger partial charge in [0.25, 0.3) is 0 Å². The maximum atomic E-state index is 9.21. The Balaban J connectivity index is 0.000000483. The van der Waals surface area contributed by atoms with Gasteiger partial charge in [0.2, 0.25) is 0 Å². The van der Waals surface area contributed by atoms with Crippen LogP contribution in [0.3, 0.4) is 0 Å². The number of aliphatic hydroxyl groups is 2. The van der Waals surface area contributed by atoms with Gasteiger partial charge in [0.1, 0.15) is 6.33 Å². The number of hydrogen-bond acceptors (Lipinski definition) is 4. The highest BCUT2D eigenvalue weighted by Crippen LogP contribution is 2.29. The second kappa shape index (κ2) is 9.95. The smallest absolute Gasteiger partial charge is 0.116 e. The molecule has 4 nitrogen and oxygen atoms in total. The van der Waals surface area contributed by atoms with E-state index in [1.165, 1.54) is 17.5 Å². The summed E-state index contributed by atoms with van der Waals surface area (Å²) in [6, 6.07) is 6.09. The first kappa shape index (κ1) is 25.2. The quantitative estimate of drug-likeness (QED) is 0.776. The number of rotatable bonds is 2. The molecule has 0 unspecified atom stereocenters. The van der Waals surface area contributed by atoms with E-state index in [0.717, 1.165) is 22.5 Å². The molecule has 4 heteroatoms. The fourth-order valence-corrected chi connectivity index (χ4v) is 3.55. The van der Waals surface area contributed by atoms with E-state index in [1.807, 2.05) is 19.1 Å². The lowest BCUT2D eigenvalue weighted by Crippen LogP contribution is -2.18. The van der Waals surface area contributed by atoms with E-state index in [2.05, 4.69) is 64.5 Å². The number of hydrogen-bond donors (Lipinski definition) is 2. The maximum absolute atomic E-state index is 9.21. The summed E-state index contributed by atoms with van der Waals surface area (Å²) in [5, 5.41) is 18.3. The van der Waals surface area contributed by atoms with Crippen LogP contribution in [0.2, 0.25) is 0 Å². The van der Waals surface area contributed by atoms with Gasteiger partial charge in [-0.3, -0.25) is 0 Å². The van der Waals surface area contributed by atoms with E-state index in [0.29, 0.717) is 0 Å². The van der Waals surface area contributed by atoms with Crippen LogP contribution in [0.4, 0.5) is 0 Å². The molecule has 0 aliphatic rings. The van der Waals surface area contributed by atoms with Gasteiger partial charge in [0, 0.05) is 11.3 Å². The molecule has 2 N–H and O–H groups in total. The van der Waals surface area contributed by atoms with E-state index in [1.54, 1.807) is 0 Å². The molecule has 2 rings (SSSR count). The van der Waals surface area contributed by atoms with Crippen molar-refractivity contribution in [2.75, 3.05) is 0 Å². The molecule has 0 atom stereocenters. The Labute approximate surface area is 165 Å². The van der Waals surface area contributed by atoms with Crippen molar-refractivity contribution in [3.05, 3.63) is 58.2 Å². The second-order valence-corrected chi connectivity index (χ2v) is 8.71. The average Bonchev–Trinajstić information content (AvgIpc) is 2.52.